The van der Waals surface area contributed by atoms with E-state index in [2.05, 4.69) is 61.6 Å². The maximum absolute atomic E-state index is 9.06. The van der Waals surface area contributed by atoms with Gasteiger partial charge in [-0.2, -0.15) is 9.61 Å². The molecule has 9 heteroatoms. The second-order valence-corrected chi connectivity index (χ2v) is 8.82. The van der Waals surface area contributed by atoms with Crippen molar-refractivity contribution in [1.29, 1.82) is 0 Å². The van der Waals surface area contributed by atoms with Crippen LogP contribution in [-0.4, -0.2) is 72.8 Å². The predicted molar refractivity (Wildman–Crippen MR) is 121 cm³/mol. The number of anilines is 1. The van der Waals surface area contributed by atoms with Crippen LogP contribution in [0.3, 0.4) is 0 Å². The Bertz CT molecular complexity index is 1360. The maximum Gasteiger partial charge on any atom is 0.177 e. The molecule has 2 aliphatic rings. The van der Waals surface area contributed by atoms with Gasteiger partial charge in [0.15, 0.2) is 11.5 Å². The Morgan fingerprint density at radius 1 is 1.12 bits per heavy atom. The molecule has 2 saturated heterocycles. The summed E-state index contributed by atoms with van der Waals surface area (Å²) < 4.78 is 1.71. The van der Waals surface area contributed by atoms with E-state index in [-0.39, 0.29) is 0 Å². The minimum Gasteiger partial charge on any atom is -0.411 e. The molecule has 3 aromatic heterocycles. The molecule has 1 aromatic carbocycles. The van der Waals surface area contributed by atoms with Crippen LogP contribution in [0.15, 0.2) is 47.8 Å². The fraction of sp³-hybridized carbons (Fsp3) is 0.348. The number of pyridine rings is 1. The number of hydrogen-bond donors (Lipinski definition) is 1. The highest BCUT2D eigenvalue weighted by Crippen LogP contribution is 2.34. The Morgan fingerprint density at radius 2 is 2.03 bits per heavy atom. The number of piperazine rings is 1. The van der Waals surface area contributed by atoms with Crippen molar-refractivity contribution in [2.24, 2.45) is 5.16 Å². The lowest BCUT2D eigenvalue weighted by Gasteiger charge is -2.33. The summed E-state index contributed by atoms with van der Waals surface area (Å²) in [5.74, 6) is 0.732. The number of rotatable bonds is 4. The van der Waals surface area contributed by atoms with Crippen LogP contribution >= 0.6 is 0 Å². The van der Waals surface area contributed by atoms with Crippen LogP contribution in [0.4, 0.5) is 5.69 Å². The quantitative estimate of drug-likeness (QED) is 0.303. The van der Waals surface area contributed by atoms with Crippen molar-refractivity contribution in [3.63, 3.8) is 0 Å². The van der Waals surface area contributed by atoms with Crippen LogP contribution in [0.25, 0.3) is 16.6 Å². The van der Waals surface area contributed by atoms with Crippen molar-refractivity contribution in [3.8, 4) is 0 Å². The average molecular weight is 429 g/mol. The van der Waals surface area contributed by atoms with Crippen LogP contribution in [0.2, 0.25) is 0 Å². The smallest absolute Gasteiger partial charge is 0.177 e. The molecule has 0 amide bonds. The summed E-state index contributed by atoms with van der Waals surface area (Å²) in [5, 5.41) is 26.5. The van der Waals surface area contributed by atoms with Gasteiger partial charge in [-0.3, -0.25) is 9.88 Å². The van der Waals surface area contributed by atoms with E-state index < -0.39 is 0 Å². The number of likely N-dealkylation sites (tertiary alicyclic amines) is 1. The van der Waals surface area contributed by atoms with Crippen LogP contribution in [0, 0.1) is 0 Å². The number of hydrogen-bond acceptors (Lipinski definition) is 8. The molecule has 162 valence electrons. The second kappa shape index (κ2) is 7.23. The summed E-state index contributed by atoms with van der Waals surface area (Å²) in [6, 6.07) is 13.4. The molecule has 4 aromatic rings. The third kappa shape index (κ3) is 3.08. The van der Waals surface area contributed by atoms with Gasteiger partial charge in [0.25, 0.3) is 0 Å². The van der Waals surface area contributed by atoms with Gasteiger partial charge in [0.1, 0.15) is 11.4 Å². The Labute approximate surface area is 185 Å². The topological polar surface area (TPSA) is 95.0 Å². The number of fused-ring (bicyclic) bond motifs is 4. The highest BCUT2D eigenvalue weighted by atomic mass is 16.4. The monoisotopic (exact) mass is 428 g/mol. The zero-order valence-corrected chi connectivity index (χ0v) is 18.0. The third-order valence-electron chi connectivity index (χ3n) is 6.79. The molecule has 0 unspecified atom stereocenters. The van der Waals surface area contributed by atoms with Gasteiger partial charge in [0.05, 0.1) is 17.4 Å². The Hall–Kier alpha value is -3.59. The molecule has 32 heavy (non-hydrogen) atoms. The van der Waals surface area contributed by atoms with E-state index in [1.165, 1.54) is 12.1 Å². The zero-order valence-electron chi connectivity index (χ0n) is 18.0. The number of benzene rings is 1. The van der Waals surface area contributed by atoms with Crippen LogP contribution in [0.1, 0.15) is 30.4 Å². The van der Waals surface area contributed by atoms with Gasteiger partial charge in [-0.15, -0.1) is 10.2 Å². The molecular formula is C23H24N8O. The van der Waals surface area contributed by atoms with E-state index >= 15 is 0 Å². The minimum atomic E-state index is 0.442. The van der Waals surface area contributed by atoms with Gasteiger partial charge in [-0.1, -0.05) is 11.2 Å². The van der Waals surface area contributed by atoms with Crippen LogP contribution < -0.4 is 4.90 Å². The van der Waals surface area contributed by atoms with Gasteiger partial charge in [-0.05, 0) is 56.3 Å². The standard InChI is InChI=1S/C23H24N8O/c1-14(28-32)20-5-6-22-25-26-23(31(22)27-20)8-15-3-4-21-16(7-15)9-17(11-24-21)30-13-18-10-19(30)12-29(18)2/h3-7,9,11,18-19,32H,8,10,12-13H2,1-2H3/b28-14+/t18-,19-/m0/s1. The van der Waals surface area contributed by atoms with Crippen molar-refractivity contribution in [3.05, 3.63) is 59.7 Å². The van der Waals surface area contributed by atoms with Gasteiger partial charge in [0.2, 0.25) is 0 Å². The van der Waals surface area contributed by atoms with Crippen molar-refractivity contribution >= 4 is 27.9 Å². The van der Waals surface area contributed by atoms with Crippen molar-refractivity contribution < 1.29 is 5.21 Å². The molecule has 6 rings (SSSR count). The Balaban J connectivity index is 1.31. The summed E-state index contributed by atoms with van der Waals surface area (Å²) in [4.78, 5) is 9.69. The minimum absolute atomic E-state index is 0.442. The molecule has 0 saturated carbocycles. The van der Waals surface area contributed by atoms with E-state index in [0.717, 1.165) is 35.4 Å². The van der Waals surface area contributed by atoms with E-state index in [1.54, 1.807) is 17.5 Å². The molecule has 2 atom stereocenters. The fourth-order valence-corrected chi connectivity index (χ4v) is 4.99. The lowest BCUT2D eigenvalue weighted by atomic mass is 10.1. The van der Waals surface area contributed by atoms with E-state index in [4.69, 9.17) is 10.2 Å². The van der Waals surface area contributed by atoms with Crippen molar-refractivity contribution in [1.82, 2.24) is 29.7 Å². The SMILES string of the molecule is C/C(=N\O)c1ccc2nnc(Cc3ccc4ncc(N5C[C@@H]6C[C@H]5CN6C)cc4c3)n2n1. The lowest BCUT2D eigenvalue weighted by Crippen LogP contribution is -2.44. The van der Waals surface area contributed by atoms with Gasteiger partial charge in [-0.25, -0.2) is 0 Å². The van der Waals surface area contributed by atoms with E-state index in [1.807, 2.05) is 12.3 Å². The molecule has 9 nitrogen and oxygen atoms in total. The van der Waals surface area contributed by atoms with Crippen LogP contribution in [0.5, 0.6) is 0 Å². The summed E-state index contributed by atoms with van der Waals surface area (Å²) in [6.07, 6.45) is 3.83. The molecule has 1 N–H and O–H groups in total. The first-order valence-electron chi connectivity index (χ1n) is 10.8. The summed E-state index contributed by atoms with van der Waals surface area (Å²) in [7, 11) is 2.22. The van der Waals surface area contributed by atoms with Crippen molar-refractivity contribution in [2.45, 2.75) is 31.8 Å². The maximum atomic E-state index is 9.06. The zero-order chi connectivity index (χ0) is 21.8. The molecule has 0 aliphatic carbocycles. The first-order valence-corrected chi connectivity index (χ1v) is 10.8. The fourth-order valence-electron chi connectivity index (χ4n) is 4.99. The Morgan fingerprint density at radius 3 is 2.81 bits per heavy atom. The average Bonchev–Trinajstić information content (AvgIpc) is 3.52. The number of nitrogens with zero attached hydrogens (tertiary/aromatic N) is 8. The summed E-state index contributed by atoms with van der Waals surface area (Å²) >= 11 is 0. The van der Waals surface area contributed by atoms with Gasteiger partial charge < -0.3 is 10.1 Å². The first kappa shape index (κ1) is 19.1. The number of oxime groups is 1. The van der Waals surface area contributed by atoms with E-state index in [0.29, 0.717) is 35.6 Å². The summed E-state index contributed by atoms with van der Waals surface area (Å²) in [5.41, 5.74) is 4.99. The number of likely N-dealkylation sites (N-methyl/N-ethyl adjacent to an activating group) is 1. The normalized spacial score (nSPS) is 21.3. The molecule has 5 heterocycles. The molecule has 2 fully saturated rings. The summed E-state index contributed by atoms with van der Waals surface area (Å²) in [6.45, 7) is 3.90. The molecule has 0 radical (unpaired) electrons. The predicted octanol–water partition coefficient (Wildman–Crippen LogP) is 2.35. The molecule has 2 bridgehead atoms. The third-order valence-corrected chi connectivity index (χ3v) is 6.79. The second-order valence-electron chi connectivity index (χ2n) is 8.82. The lowest BCUT2D eigenvalue weighted by molar-refractivity contribution is 0.292. The first-order chi connectivity index (χ1) is 15.6. The van der Waals surface area contributed by atoms with Gasteiger partial charge in [0, 0.05) is 37.0 Å². The van der Waals surface area contributed by atoms with Crippen molar-refractivity contribution in [2.75, 3.05) is 25.0 Å². The largest absolute Gasteiger partial charge is 0.411 e. The highest BCUT2D eigenvalue weighted by molar-refractivity contribution is 5.96. The van der Waals surface area contributed by atoms with E-state index in [9.17, 15) is 0 Å². The number of aromatic nitrogens is 5. The highest BCUT2D eigenvalue weighted by Gasteiger charge is 2.41. The Kier molecular flexibility index (Phi) is 4.32. The van der Waals surface area contributed by atoms with Crippen LogP contribution in [-0.2, 0) is 6.42 Å². The van der Waals surface area contributed by atoms with Gasteiger partial charge >= 0.3 is 0 Å². The molecular weight excluding hydrogens is 404 g/mol. The molecule has 0 spiro atoms. The molecule has 2 aliphatic heterocycles.